The molecule has 0 bridgehead atoms. The van der Waals surface area contributed by atoms with Crippen molar-refractivity contribution in [1.29, 1.82) is 5.41 Å². The van der Waals surface area contributed by atoms with Gasteiger partial charge in [0, 0.05) is 35.3 Å². The van der Waals surface area contributed by atoms with Crippen LogP contribution in [0.3, 0.4) is 0 Å². The minimum Gasteiger partial charge on any atom is -0.494 e. The molecule has 1 N–H and O–H groups in total. The predicted octanol–water partition coefficient (Wildman–Crippen LogP) is 4.19. The molecule has 40 heavy (non-hydrogen) atoms. The predicted molar refractivity (Wildman–Crippen MR) is 151 cm³/mol. The Morgan fingerprint density at radius 1 is 1.07 bits per heavy atom. The van der Waals surface area contributed by atoms with Crippen LogP contribution in [0.4, 0.5) is 5.69 Å². The third-order valence-corrected chi connectivity index (χ3v) is 8.11. The maximum Gasteiger partial charge on any atom is 0.242 e. The van der Waals surface area contributed by atoms with Gasteiger partial charge in [0.15, 0.2) is 11.4 Å². The Balaban J connectivity index is 1.42. The van der Waals surface area contributed by atoms with Crippen LogP contribution in [0.15, 0.2) is 12.1 Å². The number of carbonyl (C=O) groups excluding carboxylic acids is 1. The quantitative estimate of drug-likeness (QED) is 0.400. The molecule has 2 aliphatic carbocycles. The molecule has 10 nitrogen and oxygen atoms in total. The molecule has 0 spiro atoms. The highest BCUT2D eigenvalue weighted by molar-refractivity contribution is 5.98. The Morgan fingerprint density at radius 3 is 2.35 bits per heavy atom. The lowest BCUT2D eigenvalue weighted by atomic mass is 9.84. The van der Waals surface area contributed by atoms with E-state index in [9.17, 15) is 4.79 Å². The summed E-state index contributed by atoms with van der Waals surface area (Å²) in [5.41, 5.74) is 5.31. The molecular weight excluding hydrogens is 508 g/mol. The summed E-state index contributed by atoms with van der Waals surface area (Å²) >= 11 is 0. The number of rotatable bonds is 9. The van der Waals surface area contributed by atoms with Gasteiger partial charge in [-0.2, -0.15) is 4.52 Å². The zero-order valence-corrected chi connectivity index (χ0v) is 24.2. The number of methoxy groups -OCH3 is 1. The van der Waals surface area contributed by atoms with Gasteiger partial charge in [-0.1, -0.05) is 20.8 Å². The molecule has 2 saturated carbocycles. The number of morpholine rings is 1. The van der Waals surface area contributed by atoms with Crippen LogP contribution in [0.2, 0.25) is 0 Å². The molecule has 1 aliphatic heterocycles. The van der Waals surface area contributed by atoms with Crippen molar-refractivity contribution < 1.29 is 19.0 Å². The first-order chi connectivity index (χ1) is 19.2. The first-order valence-corrected chi connectivity index (χ1v) is 14.5. The molecule has 0 radical (unpaired) electrons. The molecule has 10 heteroatoms. The van der Waals surface area contributed by atoms with Crippen LogP contribution in [0.5, 0.6) is 11.6 Å². The molecule has 2 aromatic heterocycles. The van der Waals surface area contributed by atoms with Gasteiger partial charge in [-0.05, 0) is 62.0 Å². The molecular formula is C30H40N6O4. The number of benzene rings is 1. The number of Topliss-reactive ketones (excluding diaryl/α,β-unsaturated/α-hetero) is 1. The molecule has 3 aromatic rings. The van der Waals surface area contributed by atoms with E-state index >= 15 is 0 Å². The highest BCUT2D eigenvalue weighted by Crippen LogP contribution is 2.52. The zero-order valence-electron chi connectivity index (χ0n) is 24.2. The number of ketones is 1. The van der Waals surface area contributed by atoms with Gasteiger partial charge in [-0.25, -0.2) is 4.68 Å². The Kier molecular flexibility index (Phi) is 6.84. The number of nitrogens with one attached hydrogen (secondary N) is 1. The molecule has 0 atom stereocenters. The van der Waals surface area contributed by atoms with Crippen molar-refractivity contribution >= 4 is 17.1 Å². The lowest BCUT2D eigenvalue weighted by Gasteiger charge is -2.33. The van der Waals surface area contributed by atoms with Gasteiger partial charge in [0.25, 0.3) is 0 Å². The summed E-state index contributed by atoms with van der Waals surface area (Å²) in [7, 11) is 1.69. The summed E-state index contributed by atoms with van der Waals surface area (Å²) in [6.45, 7) is 11.5. The third kappa shape index (κ3) is 4.87. The molecule has 6 rings (SSSR count). The summed E-state index contributed by atoms with van der Waals surface area (Å²) in [5, 5.41) is 18.5. The maximum absolute atomic E-state index is 13.9. The largest absolute Gasteiger partial charge is 0.494 e. The van der Waals surface area contributed by atoms with Crippen LogP contribution < -0.4 is 20.0 Å². The van der Waals surface area contributed by atoms with E-state index < -0.39 is 0 Å². The SMILES string of the molecule is CCOc1nn2c(=N)n(CC(=O)c3cc(N4CCOCC4)c(OC)c(C(C)(C)C)c3)nc2c(C2CC2)c1C1CC1. The third-order valence-electron chi connectivity index (χ3n) is 8.11. The number of ether oxygens (including phenoxy) is 3. The van der Waals surface area contributed by atoms with Crippen molar-refractivity contribution in [2.24, 2.45) is 0 Å². The van der Waals surface area contributed by atoms with Crippen LogP contribution in [-0.4, -0.2) is 65.2 Å². The van der Waals surface area contributed by atoms with Crippen molar-refractivity contribution in [3.63, 3.8) is 0 Å². The Hall–Kier alpha value is -3.40. The van der Waals surface area contributed by atoms with Crippen molar-refractivity contribution in [2.45, 2.75) is 77.2 Å². The zero-order chi connectivity index (χ0) is 28.2. The number of hydrogen-bond donors (Lipinski definition) is 1. The molecule has 0 unspecified atom stereocenters. The second kappa shape index (κ2) is 10.2. The van der Waals surface area contributed by atoms with Gasteiger partial charge in [0.2, 0.25) is 11.5 Å². The summed E-state index contributed by atoms with van der Waals surface area (Å²) in [4.78, 5) is 16.1. The summed E-state index contributed by atoms with van der Waals surface area (Å²) in [6, 6.07) is 3.87. The number of carbonyl (C=O) groups is 1. The van der Waals surface area contributed by atoms with Gasteiger partial charge < -0.3 is 19.1 Å². The van der Waals surface area contributed by atoms with E-state index in [-0.39, 0.29) is 23.4 Å². The number of fused-ring (bicyclic) bond motifs is 1. The van der Waals surface area contributed by atoms with E-state index in [2.05, 4.69) is 25.7 Å². The first-order valence-electron chi connectivity index (χ1n) is 14.5. The highest BCUT2D eigenvalue weighted by atomic mass is 16.5. The summed E-state index contributed by atoms with van der Waals surface area (Å²) in [5.74, 6) is 2.17. The fourth-order valence-corrected chi connectivity index (χ4v) is 5.76. The Morgan fingerprint density at radius 2 is 1.75 bits per heavy atom. The van der Waals surface area contributed by atoms with Gasteiger partial charge in [-0.3, -0.25) is 10.2 Å². The van der Waals surface area contributed by atoms with Crippen LogP contribution in [0.25, 0.3) is 5.65 Å². The summed E-state index contributed by atoms with van der Waals surface area (Å²) in [6.07, 6.45) is 4.47. The average Bonchev–Trinajstić information content (AvgIpc) is 3.86. The second-order valence-electron chi connectivity index (χ2n) is 12.2. The lowest BCUT2D eigenvalue weighted by Crippen LogP contribution is -2.37. The fourth-order valence-electron chi connectivity index (χ4n) is 5.76. The molecule has 0 amide bonds. The number of aromatic nitrogens is 4. The number of nitrogens with zero attached hydrogens (tertiary/aromatic N) is 5. The minimum absolute atomic E-state index is 0.0481. The molecule has 3 aliphatic rings. The second-order valence-corrected chi connectivity index (χ2v) is 12.2. The van der Waals surface area contributed by atoms with E-state index in [1.807, 2.05) is 19.1 Å². The first kappa shape index (κ1) is 26.8. The van der Waals surface area contributed by atoms with Crippen LogP contribution in [-0.2, 0) is 16.7 Å². The van der Waals surface area contributed by atoms with Crippen LogP contribution in [0, 0.1) is 5.41 Å². The summed E-state index contributed by atoms with van der Waals surface area (Å²) < 4.78 is 20.5. The Labute approximate surface area is 234 Å². The number of anilines is 1. The van der Waals surface area contributed by atoms with Crippen LogP contribution >= 0.6 is 0 Å². The van der Waals surface area contributed by atoms with Crippen LogP contribution in [0.1, 0.15) is 92.3 Å². The van der Waals surface area contributed by atoms with E-state index in [0.29, 0.717) is 48.7 Å². The van der Waals surface area contributed by atoms with Crippen molar-refractivity contribution in [1.82, 2.24) is 19.4 Å². The monoisotopic (exact) mass is 548 g/mol. The highest BCUT2D eigenvalue weighted by Gasteiger charge is 2.39. The normalized spacial score (nSPS) is 17.9. The molecule has 214 valence electrons. The Bertz CT molecular complexity index is 1500. The van der Waals surface area contributed by atoms with Crippen molar-refractivity contribution in [3.05, 3.63) is 40.0 Å². The fraction of sp³-hybridized carbons (Fsp3) is 0.600. The molecule has 1 aromatic carbocycles. The van der Waals surface area contributed by atoms with Crippen molar-refractivity contribution in [3.8, 4) is 11.6 Å². The van der Waals surface area contributed by atoms with Gasteiger partial charge in [0.1, 0.15) is 12.3 Å². The van der Waals surface area contributed by atoms with E-state index in [1.165, 1.54) is 10.2 Å². The molecule has 3 heterocycles. The van der Waals surface area contributed by atoms with Gasteiger partial charge >= 0.3 is 0 Å². The molecule has 3 fully saturated rings. The number of hydrogen-bond acceptors (Lipinski definition) is 8. The average molecular weight is 549 g/mol. The van der Waals surface area contributed by atoms with E-state index in [4.69, 9.17) is 29.8 Å². The van der Waals surface area contributed by atoms with Gasteiger partial charge in [-0.15, -0.1) is 10.2 Å². The van der Waals surface area contributed by atoms with Gasteiger partial charge in [0.05, 0.1) is 32.6 Å². The van der Waals surface area contributed by atoms with E-state index in [1.54, 1.807) is 11.6 Å². The minimum atomic E-state index is -0.239. The lowest BCUT2D eigenvalue weighted by molar-refractivity contribution is 0.0965. The standard InChI is InChI=1S/C30H40N6O4/c1-6-40-28-25(19-9-10-19)24(18-7-8-18)27-32-35(29(31)36(27)33-28)17-23(37)20-15-21(30(2,3)4)26(38-5)22(16-20)34-11-13-39-14-12-34/h15-16,18-19,31H,6-14,17H2,1-5H3. The topological polar surface area (TPSA) is 107 Å². The smallest absolute Gasteiger partial charge is 0.242 e. The van der Waals surface area contributed by atoms with Crippen molar-refractivity contribution in [2.75, 3.05) is 44.9 Å². The van der Waals surface area contributed by atoms with E-state index in [0.717, 1.165) is 61.3 Å². The molecule has 1 saturated heterocycles. The maximum atomic E-state index is 13.9.